The Morgan fingerprint density at radius 3 is 2.59 bits per heavy atom. The van der Waals surface area contributed by atoms with Crippen LogP contribution in [0.3, 0.4) is 0 Å². The van der Waals surface area contributed by atoms with E-state index in [0.29, 0.717) is 29.0 Å². The molecule has 0 atom stereocenters. The molecule has 2 N–H and O–H groups in total. The van der Waals surface area contributed by atoms with Gasteiger partial charge in [-0.15, -0.1) is 0 Å². The molecule has 27 heavy (non-hydrogen) atoms. The number of methoxy groups -OCH3 is 1. The van der Waals surface area contributed by atoms with Crippen molar-refractivity contribution in [1.82, 2.24) is 9.88 Å². The summed E-state index contributed by atoms with van der Waals surface area (Å²) in [7, 11) is 3.70. The van der Waals surface area contributed by atoms with Crippen molar-refractivity contribution in [1.29, 1.82) is 0 Å². The number of amides is 1. The highest BCUT2D eigenvalue weighted by atomic mass is 16.5. The van der Waals surface area contributed by atoms with Crippen molar-refractivity contribution in [3.63, 3.8) is 0 Å². The Balaban J connectivity index is 1.64. The molecule has 1 aromatic heterocycles. The van der Waals surface area contributed by atoms with E-state index in [9.17, 15) is 4.79 Å². The number of pyridine rings is 1. The summed E-state index contributed by atoms with van der Waals surface area (Å²) in [6.07, 6.45) is 8.44. The summed E-state index contributed by atoms with van der Waals surface area (Å²) < 4.78 is 11.1. The summed E-state index contributed by atoms with van der Waals surface area (Å²) in [5.41, 5.74) is 6.83. The van der Waals surface area contributed by atoms with Gasteiger partial charge in [0, 0.05) is 30.4 Å². The maximum absolute atomic E-state index is 11.3. The molecule has 1 aromatic carbocycles. The van der Waals surface area contributed by atoms with Gasteiger partial charge in [-0.1, -0.05) is 25.3 Å². The summed E-state index contributed by atoms with van der Waals surface area (Å²) in [6, 6.07) is 9.38. The lowest BCUT2D eigenvalue weighted by atomic mass is 9.94. The van der Waals surface area contributed by atoms with Gasteiger partial charge in [-0.2, -0.15) is 0 Å². The van der Waals surface area contributed by atoms with Gasteiger partial charge < -0.3 is 15.2 Å². The van der Waals surface area contributed by atoms with E-state index in [1.54, 1.807) is 18.2 Å². The summed E-state index contributed by atoms with van der Waals surface area (Å²) in [6.45, 7) is 0.884. The number of carbonyl (C=O) groups excluding carboxylic acids is 1. The van der Waals surface area contributed by atoms with Gasteiger partial charge in [-0.3, -0.25) is 9.69 Å². The lowest BCUT2D eigenvalue weighted by Crippen LogP contribution is -2.32. The van der Waals surface area contributed by atoms with Gasteiger partial charge in [0.1, 0.15) is 0 Å². The van der Waals surface area contributed by atoms with Gasteiger partial charge in [0.25, 0.3) is 0 Å². The molecule has 0 unspecified atom stereocenters. The van der Waals surface area contributed by atoms with Crippen LogP contribution in [0, 0.1) is 0 Å². The fraction of sp³-hybridized carbons (Fsp3) is 0.429. The minimum atomic E-state index is -0.510. The summed E-state index contributed by atoms with van der Waals surface area (Å²) in [5, 5.41) is 0. The first-order valence-corrected chi connectivity index (χ1v) is 9.37. The standard InChI is InChI=1S/C21H27N3O3/c1-24(17-6-4-3-5-7-17)14-15-8-11-20(23-13-15)27-18-10-9-16(21(22)25)12-19(18)26-2/h8-13,17H,3-7,14H2,1-2H3,(H2,22,25). The number of nitrogens with zero attached hydrogens (tertiary/aromatic N) is 2. The zero-order valence-corrected chi connectivity index (χ0v) is 16.0. The minimum Gasteiger partial charge on any atom is -0.493 e. The lowest BCUT2D eigenvalue weighted by Gasteiger charge is -2.31. The second-order valence-corrected chi connectivity index (χ2v) is 7.04. The summed E-state index contributed by atoms with van der Waals surface area (Å²) >= 11 is 0. The minimum absolute atomic E-state index is 0.369. The van der Waals surface area contributed by atoms with E-state index in [2.05, 4.69) is 16.9 Å². The molecule has 0 bridgehead atoms. The van der Waals surface area contributed by atoms with E-state index >= 15 is 0 Å². The summed E-state index contributed by atoms with van der Waals surface area (Å²) in [4.78, 5) is 18.1. The number of aromatic nitrogens is 1. The molecule has 6 heteroatoms. The van der Waals surface area contributed by atoms with Crippen molar-refractivity contribution in [3.05, 3.63) is 47.7 Å². The molecular weight excluding hydrogens is 342 g/mol. The first-order valence-electron chi connectivity index (χ1n) is 9.37. The van der Waals surface area contributed by atoms with Crippen LogP contribution in [-0.2, 0) is 6.54 Å². The van der Waals surface area contributed by atoms with E-state index in [-0.39, 0.29) is 0 Å². The van der Waals surface area contributed by atoms with Crippen molar-refractivity contribution in [2.24, 2.45) is 5.73 Å². The van der Waals surface area contributed by atoms with E-state index in [1.807, 2.05) is 18.3 Å². The monoisotopic (exact) mass is 369 g/mol. The van der Waals surface area contributed by atoms with Gasteiger partial charge in [-0.25, -0.2) is 4.98 Å². The van der Waals surface area contributed by atoms with Crippen LogP contribution in [0.15, 0.2) is 36.5 Å². The molecule has 1 heterocycles. The van der Waals surface area contributed by atoms with Crippen molar-refractivity contribution in [2.45, 2.75) is 44.7 Å². The number of hydrogen-bond donors (Lipinski definition) is 1. The van der Waals surface area contributed by atoms with Crippen LogP contribution in [0.25, 0.3) is 0 Å². The van der Waals surface area contributed by atoms with E-state index in [0.717, 1.165) is 12.1 Å². The molecule has 6 nitrogen and oxygen atoms in total. The third kappa shape index (κ3) is 4.98. The molecule has 0 aliphatic heterocycles. The normalized spacial score (nSPS) is 14.9. The summed E-state index contributed by atoms with van der Waals surface area (Å²) in [5.74, 6) is 0.893. The average molecular weight is 369 g/mol. The first kappa shape index (κ1) is 19.2. The zero-order chi connectivity index (χ0) is 19.2. The maximum Gasteiger partial charge on any atom is 0.248 e. The predicted octanol–water partition coefficient (Wildman–Crippen LogP) is 3.75. The molecule has 144 valence electrons. The van der Waals surface area contributed by atoms with E-state index in [4.69, 9.17) is 15.2 Å². The SMILES string of the molecule is COc1cc(C(N)=O)ccc1Oc1ccc(CN(C)C2CCCCC2)cn1. The number of ether oxygens (including phenoxy) is 2. The number of hydrogen-bond acceptors (Lipinski definition) is 5. The Labute approximate surface area is 160 Å². The van der Waals surface area contributed by atoms with Crippen LogP contribution >= 0.6 is 0 Å². The highest BCUT2D eigenvalue weighted by molar-refractivity contribution is 5.93. The smallest absolute Gasteiger partial charge is 0.248 e. The van der Waals surface area contributed by atoms with Crippen molar-refractivity contribution < 1.29 is 14.3 Å². The second kappa shape index (κ2) is 8.86. The Kier molecular flexibility index (Phi) is 6.29. The Hall–Kier alpha value is -2.60. The van der Waals surface area contributed by atoms with Gasteiger partial charge in [0.15, 0.2) is 11.5 Å². The average Bonchev–Trinajstić information content (AvgIpc) is 2.70. The molecule has 0 saturated heterocycles. The fourth-order valence-electron chi connectivity index (χ4n) is 3.52. The topological polar surface area (TPSA) is 77.7 Å². The Bertz CT molecular complexity index is 771. The molecule has 1 saturated carbocycles. The van der Waals surface area contributed by atoms with Gasteiger partial charge in [0.2, 0.25) is 11.8 Å². The number of primary amides is 1. The number of benzene rings is 1. The molecule has 1 aliphatic carbocycles. The highest BCUT2D eigenvalue weighted by Crippen LogP contribution is 2.31. The maximum atomic E-state index is 11.3. The van der Waals surface area contributed by atoms with E-state index < -0.39 is 5.91 Å². The second-order valence-electron chi connectivity index (χ2n) is 7.04. The molecule has 0 spiro atoms. The van der Waals surface area contributed by atoms with Crippen LogP contribution in [0.5, 0.6) is 17.4 Å². The van der Waals surface area contributed by atoms with Crippen molar-refractivity contribution >= 4 is 5.91 Å². The molecule has 1 aliphatic rings. The quantitative estimate of drug-likeness (QED) is 0.804. The van der Waals surface area contributed by atoms with Crippen LogP contribution in [0.1, 0.15) is 48.0 Å². The Morgan fingerprint density at radius 1 is 1.19 bits per heavy atom. The number of nitrogens with two attached hydrogens (primary N) is 1. The zero-order valence-electron chi connectivity index (χ0n) is 16.0. The largest absolute Gasteiger partial charge is 0.493 e. The predicted molar refractivity (Wildman–Crippen MR) is 104 cm³/mol. The Morgan fingerprint density at radius 2 is 1.96 bits per heavy atom. The van der Waals surface area contributed by atoms with E-state index in [1.165, 1.54) is 39.2 Å². The third-order valence-corrected chi connectivity index (χ3v) is 5.09. The van der Waals surface area contributed by atoms with Crippen molar-refractivity contribution in [3.8, 4) is 17.4 Å². The van der Waals surface area contributed by atoms with Crippen LogP contribution in [0.2, 0.25) is 0 Å². The van der Waals surface area contributed by atoms with Gasteiger partial charge in [-0.05, 0) is 43.7 Å². The number of rotatable bonds is 7. The van der Waals surface area contributed by atoms with Crippen LogP contribution in [-0.4, -0.2) is 36.0 Å². The molecule has 1 amide bonds. The molecular formula is C21H27N3O3. The molecule has 1 fully saturated rings. The fourth-order valence-corrected chi connectivity index (χ4v) is 3.52. The third-order valence-electron chi connectivity index (χ3n) is 5.09. The molecule has 2 aromatic rings. The van der Waals surface area contributed by atoms with Gasteiger partial charge in [0.05, 0.1) is 7.11 Å². The lowest BCUT2D eigenvalue weighted by molar-refractivity contribution is 0.1000. The van der Waals surface area contributed by atoms with Gasteiger partial charge >= 0.3 is 0 Å². The van der Waals surface area contributed by atoms with Crippen molar-refractivity contribution in [2.75, 3.05) is 14.2 Å². The molecule has 0 radical (unpaired) electrons. The first-order chi connectivity index (χ1) is 13.1. The van der Waals surface area contributed by atoms with Crippen LogP contribution in [0.4, 0.5) is 0 Å². The van der Waals surface area contributed by atoms with Crippen LogP contribution < -0.4 is 15.2 Å². The molecule has 3 rings (SSSR count). The highest BCUT2D eigenvalue weighted by Gasteiger charge is 2.18. The number of carbonyl (C=O) groups is 1.